The lowest BCUT2D eigenvalue weighted by Crippen LogP contribution is -2.58. The molecule has 0 bridgehead atoms. The third-order valence-corrected chi connectivity index (χ3v) is 21.3. The molecule has 0 aromatic carbocycles. The molecule has 216 valence electrons. The van der Waals surface area contributed by atoms with E-state index in [2.05, 4.69) is 107 Å². The van der Waals surface area contributed by atoms with Gasteiger partial charge in [0, 0.05) is 5.41 Å². The van der Waals surface area contributed by atoms with Gasteiger partial charge in [-0.3, -0.25) is 0 Å². The maximum absolute atomic E-state index is 11.0. The maximum Gasteiger partial charge on any atom is 0.192 e. The predicted octanol–water partition coefficient (Wildman–Crippen LogP) is 9.18. The minimum Gasteiger partial charge on any atom is -0.414 e. The average molecular weight is 559 g/mol. The Balaban J connectivity index is 1.76. The lowest BCUT2D eigenvalue weighted by atomic mass is 9.50. The zero-order valence-electron chi connectivity index (χ0n) is 26.9. The summed E-state index contributed by atoms with van der Waals surface area (Å²) in [5, 5.41) is 11.4. The van der Waals surface area contributed by atoms with Crippen LogP contribution in [0.4, 0.5) is 0 Å². The van der Waals surface area contributed by atoms with Gasteiger partial charge < -0.3 is 14.0 Å². The first-order valence-corrected chi connectivity index (χ1v) is 21.1. The number of hydrogen-bond acceptors (Lipinski definition) is 3. The van der Waals surface area contributed by atoms with Crippen LogP contribution in [0.2, 0.25) is 36.3 Å². The van der Waals surface area contributed by atoms with Crippen molar-refractivity contribution >= 4 is 16.6 Å². The van der Waals surface area contributed by atoms with E-state index in [1.807, 2.05) is 0 Å². The Kier molecular flexibility index (Phi) is 7.66. The Bertz CT molecular complexity index is 1020. The van der Waals surface area contributed by atoms with E-state index in [4.69, 9.17) is 8.85 Å². The first-order valence-electron chi connectivity index (χ1n) is 15.3. The molecule has 7 atom stereocenters. The van der Waals surface area contributed by atoms with Crippen LogP contribution < -0.4 is 0 Å². The summed E-state index contributed by atoms with van der Waals surface area (Å²) in [6.45, 7) is 30.8. The summed E-state index contributed by atoms with van der Waals surface area (Å²) in [5.74, 6) is 0.902. The summed E-state index contributed by atoms with van der Waals surface area (Å²) in [5.41, 5.74) is 4.45. The molecule has 0 heterocycles. The smallest absolute Gasteiger partial charge is 0.192 e. The Hall–Kier alpha value is -0.466. The first-order chi connectivity index (χ1) is 17.2. The highest BCUT2D eigenvalue weighted by Crippen LogP contribution is 2.65. The molecule has 4 aliphatic carbocycles. The van der Waals surface area contributed by atoms with Crippen molar-refractivity contribution in [2.24, 2.45) is 22.7 Å². The Labute approximate surface area is 236 Å². The molecule has 0 radical (unpaired) electrons. The van der Waals surface area contributed by atoms with Crippen molar-refractivity contribution in [1.29, 1.82) is 0 Å². The fourth-order valence-electron chi connectivity index (χ4n) is 7.79. The number of hydrogen-bond donors (Lipinski definition) is 1. The van der Waals surface area contributed by atoms with E-state index < -0.39 is 16.6 Å². The van der Waals surface area contributed by atoms with Gasteiger partial charge in [-0.25, -0.2) is 0 Å². The molecule has 3 fully saturated rings. The van der Waals surface area contributed by atoms with Crippen molar-refractivity contribution in [2.75, 3.05) is 0 Å². The van der Waals surface area contributed by atoms with Crippen LogP contribution in [0.25, 0.3) is 0 Å². The second-order valence-electron chi connectivity index (χ2n) is 16.5. The fourth-order valence-corrected chi connectivity index (χ4v) is 10.6. The third-order valence-electron chi connectivity index (χ3n) is 12.3. The van der Waals surface area contributed by atoms with Crippen LogP contribution in [0.1, 0.15) is 94.4 Å². The van der Waals surface area contributed by atoms with Gasteiger partial charge in [0.1, 0.15) is 0 Å². The molecule has 0 amide bonds. The van der Waals surface area contributed by atoms with Crippen LogP contribution in [0, 0.1) is 22.7 Å². The second-order valence-corrected chi connectivity index (χ2v) is 26.0. The van der Waals surface area contributed by atoms with Crippen LogP contribution in [0.15, 0.2) is 34.9 Å². The maximum atomic E-state index is 11.0. The number of fused-ring (bicyclic) bond motifs is 5. The molecule has 38 heavy (non-hydrogen) atoms. The third kappa shape index (κ3) is 4.74. The van der Waals surface area contributed by atoms with Gasteiger partial charge in [-0.2, -0.15) is 0 Å². The highest BCUT2D eigenvalue weighted by atomic mass is 28.4. The van der Waals surface area contributed by atoms with Gasteiger partial charge in [-0.05, 0) is 98.1 Å². The largest absolute Gasteiger partial charge is 0.414 e. The lowest BCUT2D eigenvalue weighted by molar-refractivity contribution is -0.0381. The van der Waals surface area contributed by atoms with Gasteiger partial charge in [-0.15, -0.1) is 0 Å². The highest BCUT2D eigenvalue weighted by Gasteiger charge is 2.60. The van der Waals surface area contributed by atoms with E-state index >= 15 is 0 Å². The summed E-state index contributed by atoms with van der Waals surface area (Å²) in [7, 11) is -3.91. The van der Waals surface area contributed by atoms with Crippen LogP contribution in [-0.4, -0.2) is 40.1 Å². The van der Waals surface area contributed by atoms with Crippen molar-refractivity contribution in [1.82, 2.24) is 0 Å². The Morgan fingerprint density at radius 1 is 0.895 bits per heavy atom. The van der Waals surface area contributed by atoms with Crippen molar-refractivity contribution in [3.05, 3.63) is 34.9 Å². The van der Waals surface area contributed by atoms with Crippen molar-refractivity contribution in [3.63, 3.8) is 0 Å². The summed E-state index contributed by atoms with van der Waals surface area (Å²) in [6.07, 6.45) is 12.4. The highest BCUT2D eigenvalue weighted by molar-refractivity contribution is 6.74. The SMILES string of the molecule is C/C=C1\[C@H](O)C[C@H]2C3=CC=C4C[C@@H](O[Si](C)(C)C(C)(C)C)C[C@H](O[Si](C)(C)C(C)(C)C)[C@]4(C)[C@H]3CC[C@]12C. The van der Waals surface area contributed by atoms with E-state index in [1.165, 1.54) is 12.0 Å². The van der Waals surface area contributed by atoms with E-state index in [9.17, 15) is 5.11 Å². The number of aliphatic hydroxyl groups is 1. The monoisotopic (exact) mass is 558 g/mol. The molecule has 3 saturated carbocycles. The molecule has 0 unspecified atom stereocenters. The molecular formula is C33H58O3Si2. The van der Waals surface area contributed by atoms with Gasteiger partial charge in [0.05, 0.1) is 18.3 Å². The van der Waals surface area contributed by atoms with Crippen molar-refractivity contribution in [3.8, 4) is 0 Å². The second kappa shape index (κ2) is 9.54. The van der Waals surface area contributed by atoms with Gasteiger partial charge >= 0.3 is 0 Å². The Morgan fingerprint density at radius 3 is 2.03 bits per heavy atom. The molecule has 0 aromatic rings. The summed E-state index contributed by atoms with van der Waals surface area (Å²) < 4.78 is 14.5. The van der Waals surface area contributed by atoms with Crippen molar-refractivity contribution in [2.45, 2.75) is 149 Å². The average Bonchev–Trinajstić information content (AvgIpc) is 3.02. The fraction of sp³-hybridized carbons (Fsp3) is 0.818. The lowest BCUT2D eigenvalue weighted by Gasteiger charge is -2.59. The molecule has 5 heteroatoms. The standard InChI is InChI=1S/C33H58O3Si2/c1-14-25-28(34)21-27-24-16-15-22-19-23(35-37(10,11)30(2,3)4)20-29(36-38(12,13)31(5,6)7)33(22,9)26(24)17-18-32(25,27)8/h14-16,23,26-29,34H,17-21H2,1-13H3/b25-14+/t23-,26+,27+,28-,29+,32-,33+/m1/s1. The topological polar surface area (TPSA) is 38.7 Å². The van der Waals surface area contributed by atoms with E-state index in [0.717, 1.165) is 25.7 Å². The van der Waals surface area contributed by atoms with Gasteiger partial charge in [0.25, 0.3) is 0 Å². The first kappa shape index (κ1) is 30.5. The molecule has 0 spiro atoms. The number of allylic oxidation sites excluding steroid dienone is 4. The van der Waals surface area contributed by atoms with Crippen LogP contribution in [0.3, 0.4) is 0 Å². The van der Waals surface area contributed by atoms with E-state index in [0.29, 0.717) is 11.8 Å². The molecule has 0 aliphatic heterocycles. The van der Waals surface area contributed by atoms with E-state index in [-0.39, 0.29) is 39.2 Å². The normalized spacial score (nSPS) is 39.3. The molecule has 4 rings (SSSR count). The molecule has 0 saturated heterocycles. The Morgan fingerprint density at radius 2 is 1.47 bits per heavy atom. The zero-order chi connectivity index (χ0) is 28.7. The molecule has 3 nitrogen and oxygen atoms in total. The van der Waals surface area contributed by atoms with Gasteiger partial charge in [-0.1, -0.05) is 84.8 Å². The molecule has 0 aromatic heterocycles. The van der Waals surface area contributed by atoms with Gasteiger partial charge in [0.15, 0.2) is 16.6 Å². The molecular weight excluding hydrogens is 501 g/mol. The minimum atomic E-state index is -2.01. The van der Waals surface area contributed by atoms with Crippen LogP contribution in [0.5, 0.6) is 0 Å². The van der Waals surface area contributed by atoms with Gasteiger partial charge in [0.2, 0.25) is 0 Å². The van der Waals surface area contributed by atoms with Crippen molar-refractivity contribution < 1.29 is 14.0 Å². The summed E-state index contributed by atoms with van der Waals surface area (Å²) in [6, 6.07) is 0. The number of aliphatic hydroxyl groups excluding tert-OH is 1. The quantitative estimate of drug-likeness (QED) is 0.276. The summed E-state index contributed by atoms with van der Waals surface area (Å²) in [4.78, 5) is 0. The number of rotatable bonds is 4. The van der Waals surface area contributed by atoms with Crippen LogP contribution >= 0.6 is 0 Å². The van der Waals surface area contributed by atoms with E-state index in [1.54, 1.807) is 11.1 Å². The zero-order valence-corrected chi connectivity index (χ0v) is 28.9. The minimum absolute atomic E-state index is 0.0160. The molecule has 4 aliphatic rings. The summed E-state index contributed by atoms with van der Waals surface area (Å²) >= 11 is 0. The molecule has 1 N–H and O–H groups in total. The predicted molar refractivity (Wildman–Crippen MR) is 166 cm³/mol. The van der Waals surface area contributed by atoms with Crippen LogP contribution in [-0.2, 0) is 8.85 Å².